The van der Waals surface area contributed by atoms with Crippen LogP contribution in [0.25, 0.3) is 11.1 Å². The molecule has 0 aliphatic rings. The molecule has 3 rings (SSSR count). The first-order chi connectivity index (χ1) is 12.1. The molecular weight excluding hydrogens is 356 g/mol. The Bertz CT molecular complexity index is 880. The molecule has 3 aromatic rings. The number of carbonyl (C=O) groups is 1. The number of benzene rings is 2. The van der Waals surface area contributed by atoms with E-state index in [1.54, 1.807) is 19.1 Å². The van der Waals surface area contributed by atoms with Gasteiger partial charge in [-0.05, 0) is 18.1 Å². The number of halogens is 1. The summed E-state index contributed by atoms with van der Waals surface area (Å²) in [5, 5.41) is 0. The lowest BCUT2D eigenvalue weighted by atomic mass is 10.1. The van der Waals surface area contributed by atoms with E-state index in [2.05, 4.69) is 4.98 Å². The molecule has 0 aliphatic carbocycles. The van der Waals surface area contributed by atoms with Crippen LogP contribution in [0, 0.1) is 6.92 Å². The Morgan fingerprint density at radius 3 is 2.69 bits per heavy atom. The smallest absolute Gasteiger partial charge is 0.341 e. The number of rotatable bonds is 6. The van der Waals surface area contributed by atoms with Gasteiger partial charge in [-0.2, -0.15) is 0 Å². The number of nitrogens with two attached hydrogens (primary N) is 1. The standard InChI is InChI=1S/C19H20N2O4.ClH/c1-12-21-16-9-15(19(22)23-2)17(10-18(16)25-12)24-11-14(20)8-13-6-4-3-5-7-13;/h3-7,9-10,14H,8,11,20H2,1-2H3;1H. The second-order valence-electron chi connectivity index (χ2n) is 5.80. The molecule has 6 nitrogen and oxygen atoms in total. The molecule has 0 amide bonds. The maximum atomic E-state index is 12.0. The predicted molar refractivity (Wildman–Crippen MR) is 101 cm³/mol. The zero-order chi connectivity index (χ0) is 17.8. The number of oxazole rings is 1. The molecule has 0 spiro atoms. The van der Waals surface area contributed by atoms with Crippen molar-refractivity contribution in [2.45, 2.75) is 19.4 Å². The van der Waals surface area contributed by atoms with Gasteiger partial charge in [-0.25, -0.2) is 9.78 Å². The zero-order valence-electron chi connectivity index (χ0n) is 14.6. The van der Waals surface area contributed by atoms with E-state index in [1.165, 1.54) is 7.11 Å². The van der Waals surface area contributed by atoms with Crippen LogP contribution in [-0.4, -0.2) is 30.7 Å². The zero-order valence-corrected chi connectivity index (χ0v) is 15.4. The van der Waals surface area contributed by atoms with Crippen molar-refractivity contribution in [1.29, 1.82) is 0 Å². The van der Waals surface area contributed by atoms with E-state index < -0.39 is 5.97 Å². The summed E-state index contributed by atoms with van der Waals surface area (Å²) in [6.07, 6.45) is 0.679. The third kappa shape index (κ3) is 4.53. The van der Waals surface area contributed by atoms with Crippen LogP contribution in [0.4, 0.5) is 0 Å². The lowest BCUT2D eigenvalue weighted by Crippen LogP contribution is -2.30. The second kappa shape index (κ2) is 8.69. The number of ether oxygens (including phenoxy) is 2. The fourth-order valence-electron chi connectivity index (χ4n) is 2.63. The van der Waals surface area contributed by atoms with Crippen LogP contribution in [0.2, 0.25) is 0 Å². The van der Waals surface area contributed by atoms with Gasteiger partial charge >= 0.3 is 5.97 Å². The van der Waals surface area contributed by atoms with Gasteiger partial charge in [0.1, 0.15) is 23.4 Å². The molecule has 0 bridgehead atoms. The van der Waals surface area contributed by atoms with Crippen molar-refractivity contribution in [1.82, 2.24) is 4.98 Å². The summed E-state index contributed by atoms with van der Waals surface area (Å²) in [5.74, 6) is 0.400. The van der Waals surface area contributed by atoms with Crippen molar-refractivity contribution in [3.63, 3.8) is 0 Å². The molecule has 0 radical (unpaired) electrons. The summed E-state index contributed by atoms with van der Waals surface area (Å²) in [4.78, 5) is 16.3. The van der Waals surface area contributed by atoms with E-state index in [9.17, 15) is 4.79 Å². The first-order valence-corrected chi connectivity index (χ1v) is 7.98. The number of aryl methyl sites for hydroxylation is 1. The van der Waals surface area contributed by atoms with Crippen LogP contribution in [0.15, 0.2) is 46.9 Å². The first kappa shape index (κ1) is 19.8. The summed E-state index contributed by atoms with van der Waals surface area (Å²) in [6, 6.07) is 13.0. The van der Waals surface area contributed by atoms with E-state index in [0.717, 1.165) is 5.56 Å². The topological polar surface area (TPSA) is 87.6 Å². The number of methoxy groups -OCH3 is 1. The van der Waals surface area contributed by atoms with Crippen molar-refractivity contribution < 1.29 is 18.7 Å². The molecule has 1 unspecified atom stereocenters. The Labute approximate surface area is 157 Å². The van der Waals surface area contributed by atoms with Gasteiger partial charge in [0, 0.05) is 19.0 Å². The highest BCUT2D eigenvalue weighted by atomic mass is 35.5. The van der Waals surface area contributed by atoms with E-state index in [1.807, 2.05) is 30.3 Å². The third-order valence-corrected chi connectivity index (χ3v) is 3.80. The molecule has 1 heterocycles. The van der Waals surface area contributed by atoms with Gasteiger partial charge in [-0.15, -0.1) is 12.4 Å². The van der Waals surface area contributed by atoms with Gasteiger partial charge < -0.3 is 19.6 Å². The number of hydrogen-bond acceptors (Lipinski definition) is 6. The fourth-order valence-corrected chi connectivity index (χ4v) is 2.63. The lowest BCUT2D eigenvalue weighted by molar-refractivity contribution is 0.0596. The summed E-state index contributed by atoms with van der Waals surface area (Å²) in [6.45, 7) is 2.01. The number of esters is 1. The summed E-state index contributed by atoms with van der Waals surface area (Å²) in [7, 11) is 1.32. The van der Waals surface area contributed by atoms with Gasteiger partial charge in [0.05, 0.1) is 7.11 Å². The summed E-state index contributed by atoms with van der Waals surface area (Å²) >= 11 is 0. The number of aromatic nitrogens is 1. The van der Waals surface area contributed by atoms with Gasteiger partial charge in [-0.1, -0.05) is 30.3 Å². The molecule has 0 aliphatic heterocycles. The molecule has 0 saturated heterocycles. The number of hydrogen-bond donors (Lipinski definition) is 1. The monoisotopic (exact) mass is 376 g/mol. The van der Waals surface area contributed by atoms with Gasteiger partial charge in [0.15, 0.2) is 11.5 Å². The molecule has 26 heavy (non-hydrogen) atoms. The SMILES string of the molecule is COC(=O)c1cc2nc(C)oc2cc1OCC(N)Cc1ccccc1.Cl. The van der Waals surface area contributed by atoms with Crippen LogP contribution >= 0.6 is 12.4 Å². The number of carbonyl (C=O) groups excluding carboxylic acids is 1. The Morgan fingerprint density at radius 1 is 1.27 bits per heavy atom. The minimum absolute atomic E-state index is 0. The molecule has 0 saturated carbocycles. The maximum Gasteiger partial charge on any atom is 0.341 e. The molecule has 7 heteroatoms. The van der Waals surface area contributed by atoms with Gasteiger partial charge in [0.2, 0.25) is 0 Å². The minimum atomic E-state index is -0.491. The summed E-state index contributed by atoms with van der Waals surface area (Å²) in [5.41, 5.74) is 8.72. The molecule has 2 N–H and O–H groups in total. The van der Waals surface area contributed by atoms with E-state index in [4.69, 9.17) is 19.6 Å². The Hall–Kier alpha value is -2.57. The van der Waals surface area contributed by atoms with Crippen molar-refractivity contribution in [3.8, 4) is 5.75 Å². The van der Waals surface area contributed by atoms with Crippen molar-refractivity contribution in [2.75, 3.05) is 13.7 Å². The molecular formula is C19H21ClN2O4. The van der Waals surface area contributed by atoms with Crippen molar-refractivity contribution in [3.05, 3.63) is 59.5 Å². The Morgan fingerprint density at radius 2 is 2.00 bits per heavy atom. The summed E-state index contributed by atoms with van der Waals surface area (Å²) < 4.78 is 16.1. The van der Waals surface area contributed by atoms with Crippen LogP contribution in [0.3, 0.4) is 0 Å². The van der Waals surface area contributed by atoms with Crippen LogP contribution in [0.5, 0.6) is 5.75 Å². The lowest BCUT2D eigenvalue weighted by Gasteiger charge is -2.15. The van der Waals surface area contributed by atoms with Gasteiger partial charge in [0.25, 0.3) is 0 Å². The highest BCUT2D eigenvalue weighted by molar-refractivity contribution is 5.96. The highest BCUT2D eigenvalue weighted by Gasteiger charge is 2.18. The van der Waals surface area contributed by atoms with E-state index >= 15 is 0 Å². The van der Waals surface area contributed by atoms with Crippen molar-refractivity contribution >= 4 is 29.5 Å². The molecule has 1 atom stereocenters. The average molecular weight is 377 g/mol. The van der Waals surface area contributed by atoms with Crippen molar-refractivity contribution in [2.24, 2.45) is 5.73 Å². The second-order valence-corrected chi connectivity index (χ2v) is 5.80. The normalized spacial score (nSPS) is 11.7. The molecule has 1 aromatic heterocycles. The van der Waals surface area contributed by atoms with Crippen LogP contribution in [0.1, 0.15) is 21.8 Å². The molecule has 138 valence electrons. The first-order valence-electron chi connectivity index (χ1n) is 7.98. The highest BCUT2D eigenvalue weighted by Crippen LogP contribution is 2.27. The minimum Gasteiger partial charge on any atom is -0.491 e. The largest absolute Gasteiger partial charge is 0.491 e. The fraction of sp³-hybridized carbons (Fsp3) is 0.263. The Balaban J connectivity index is 0.00000243. The van der Waals surface area contributed by atoms with E-state index in [-0.39, 0.29) is 25.1 Å². The van der Waals surface area contributed by atoms with Crippen LogP contribution in [-0.2, 0) is 11.2 Å². The maximum absolute atomic E-state index is 12.0. The predicted octanol–water partition coefficient (Wildman–Crippen LogP) is 3.29. The molecule has 0 fully saturated rings. The molecule has 2 aromatic carbocycles. The average Bonchev–Trinajstić information content (AvgIpc) is 2.98. The number of nitrogens with zero attached hydrogens (tertiary/aromatic N) is 1. The van der Waals surface area contributed by atoms with Crippen LogP contribution < -0.4 is 10.5 Å². The number of fused-ring (bicyclic) bond motifs is 1. The third-order valence-electron chi connectivity index (χ3n) is 3.80. The quantitative estimate of drug-likeness (QED) is 0.664. The van der Waals surface area contributed by atoms with Gasteiger partial charge in [-0.3, -0.25) is 0 Å². The Kier molecular flexibility index (Phi) is 6.60. The van der Waals surface area contributed by atoms with E-state index in [0.29, 0.717) is 34.7 Å².